The van der Waals surface area contributed by atoms with E-state index in [9.17, 15) is 5.26 Å². The molecule has 3 nitrogen and oxygen atoms in total. The van der Waals surface area contributed by atoms with Crippen LogP contribution in [0.2, 0.25) is 0 Å². The molecule has 3 heteroatoms. The second kappa shape index (κ2) is 8.80. The molecular weight excluding hydrogens is 366 g/mol. The van der Waals surface area contributed by atoms with Crippen molar-refractivity contribution in [2.24, 2.45) is 0 Å². The van der Waals surface area contributed by atoms with Crippen LogP contribution in [0.1, 0.15) is 84.3 Å². The van der Waals surface area contributed by atoms with Crippen LogP contribution in [0.4, 0.5) is 5.69 Å². The number of rotatable bonds is 8. The van der Waals surface area contributed by atoms with Crippen LogP contribution in [0.15, 0.2) is 36.5 Å². The number of aromatic nitrogens is 1. The number of nitrogens with zero attached hydrogens (tertiary/aromatic N) is 3. The van der Waals surface area contributed by atoms with Crippen LogP contribution in [-0.2, 0) is 11.0 Å². The first kappa shape index (κ1) is 22.3. The molecule has 0 spiro atoms. The zero-order chi connectivity index (χ0) is 21.9. The second-order valence-electron chi connectivity index (χ2n) is 9.07. The molecule has 1 aliphatic rings. The third-order valence-electron chi connectivity index (χ3n) is 7.86. The number of hydrogen-bond acceptors (Lipinski definition) is 2. The van der Waals surface area contributed by atoms with Crippen molar-refractivity contribution in [3.63, 3.8) is 0 Å². The van der Waals surface area contributed by atoms with Crippen LogP contribution >= 0.6 is 0 Å². The lowest BCUT2D eigenvalue weighted by molar-refractivity contribution is -0.769. The zero-order valence-electron chi connectivity index (χ0n) is 19.8. The standard InChI is InChI=1S/C27H38N3/c1-7-11-12-16-29(6)22-15-17-30-25(19-22)23-18-21(20-28)13-14-24(23)26(5,8-2)27(30,9-3)10-4/h13-15,17-19H,7-12,16H2,1-6H3/q+1. The Morgan fingerprint density at radius 3 is 2.33 bits per heavy atom. The van der Waals surface area contributed by atoms with Gasteiger partial charge in [0, 0.05) is 44.3 Å². The van der Waals surface area contributed by atoms with E-state index in [1.165, 1.54) is 41.8 Å². The maximum Gasteiger partial charge on any atom is 0.215 e. The summed E-state index contributed by atoms with van der Waals surface area (Å²) in [5.74, 6) is 0. The van der Waals surface area contributed by atoms with Crippen molar-refractivity contribution in [2.45, 2.75) is 84.1 Å². The van der Waals surface area contributed by atoms with E-state index in [2.05, 4.69) is 87.7 Å². The van der Waals surface area contributed by atoms with Gasteiger partial charge >= 0.3 is 0 Å². The van der Waals surface area contributed by atoms with Gasteiger partial charge in [-0.05, 0) is 37.5 Å². The molecule has 160 valence electrons. The van der Waals surface area contributed by atoms with Gasteiger partial charge in [0.2, 0.25) is 5.69 Å². The van der Waals surface area contributed by atoms with Gasteiger partial charge in [0.1, 0.15) is 0 Å². The summed E-state index contributed by atoms with van der Waals surface area (Å²) in [5.41, 5.74) is 5.89. The average Bonchev–Trinajstić information content (AvgIpc) is 2.79. The highest BCUT2D eigenvalue weighted by atomic mass is 15.1. The van der Waals surface area contributed by atoms with Crippen LogP contribution in [0.5, 0.6) is 0 Å². The van der Waals surface area contributed by atoms with Gasteiger partial charge in [-0.15, -0.1) is 0 Å². The van der Waals surface area contributed by atoms with E-state index in [1.807, 2.05) is 6.07 Å². The molecule has 1 aromatic carbocycles. The fourth-order valence-corrected chi connectivity index (χ4v) is 5.75. The Balaban J connectivity index is 2.24. The number of nitriles is 1. The molecule has 0 saturated carbocycles. The first-order valence-corrected chi connectivity index (χ1v) is 11.7. The average molecular weight is 405 g/mol. The summed E-state index contributed by atoms with van der Waals surface area (Å²) in [6.45, 7) is 12.7. The quantitative estimate of drug-likeness (QED) is 0.380. The van der Waals surface area contributed by atoms with E-state index in [-0.39, 0.29) is 11.0 Å². The molecule has 0 saturated heterocycles. The van der Waals surface area contributed by atoms with Crippen molar-refractivity contribution >= 4 is 5.69 Å². The Morgan fingerprint density at radius 1 is 1.00 bits per heavy atom. The van der Waals surface area contributed by atoms with E-state index in [1.54, 1.807) is 0 Å². The molecule has 1 aliphatic heterocycles. The highest BCUT2D eigenvalue weighted by molar-refractivity contribution is 5.70. The van der Waals surface area contributed by atoms with E-state index >= 15 is 0 Å². The lowest BCUT2D eigenvalue weighted by atomic mass is 9.59. The minimum absolute atomic E-state index is 0.0199. The largest absolute Gasteiger partial charge is 0.374 e. The highest BCUT2D eigenvalue weighted by Gasteiger charge is 2.58. The monoisotopic (exact) mass is 404 g/mol. The highest BCUT2D eigenvalue weighted by Crippen LogP contribution is 2.51. The Hall–Kier alpha value is -2.34. The van der Waals surface area contributed by atoms with Crippen LogP contribution in [0.25, 0.3) is 11.3 Å². The topological polar surface area (TPSA) is 30.9 Å². The second-order valence-corrected chi connectivity index (χ2v) is 9.07. The fourth-order valence-electron chi connectivity index (χ4n) is 5.75. The number of fused-ring (bicyclic) bond motifs is 3. The van der Waals surface area contributed by atoms with Gasteiger partial charge in [-0.25, -0.2) is 0 Å². The summed E-state index contributed by atoms with van der Waals surface area (Å²) < 4.78 is 2.53. The first-order valence-electron chi connectivity index (χ1n) is 11.7. The predicted octanol–water partition coefficient (Wildman–Crippen LogP) is 6.34. The van der Waals surface area contributed by atoms with Gasteiger partial charge in [-0.1, -0.05) is 46.6 Å². The van der Waals surface area contributed by atoms with Crippen LogP contribution in [0, 0.1) is 11.3 Å². The molecule has 2 heterocycles. The van der Waals surface area contributed by atoms with Gasteiger partial charge < -0.3 is 4.90 Å². The van der Waals surface area contributed by atoms with Crippen molar-refractivity contribution in [2.75, 3.05) is 18.5 Å². The Bertz CT molecular complexity index is 936. The van der Waals surface area contributed by atoms with Crippen molar-refractivity contribution < 1.29 is 4.57 Å². The first-order chi connectivity index (χ1) is 14.4. The molecule has 0 bridgehead atoms. The molecule has 0 fully saturated rings. The minimum Gasteiger partial charge on any atom is -0.374 e. The predicted molar refractivity (Wildman–Crippen MR) is 126 cm³/mol. The summed E-state index contributed by atoms with van der Waals surface area (Å²) in [7, 11) is 2.19. The fraction of sp³-hybridized carbons (Fsp3) is 0.556. The third-order valence-corrected chi connectivity index (χ3v) is 7.86. The Labute approximate surface area is 183 Å². The number of pyridine rings is 1. The van der Waals surface area contributed by atoms with Crippen LogP contribution in [-0.4, -0.2) is 13.6 Å². The SMILES string of the molecule is CCCCCN(C)c1cc[n+]2c(c1)-c1cc(C#N)ccc1C(C)(CC)C2(CC)CC. The molecule has 30 heavy (non-hydrogen) atoms. The summed E-state index contributed by atoms with van der Waals surface area (Å²) in [4.78, 5) is 2.37. The molecular formula is C27H38N3+. The van der Waals surface area contributed by atoms with E-state index in [0.29, 0.717) is 0 Å². The van der Waals surface area contributed by atoms with Gasteiger partial charge in [0.25, 0.3) is 0 Å². The molecule has 0 radical (unpaired) electrons. The van der Waals surface area contributed by atoms with Crippen molar-refractivity contribution in [1.29, 1.82) is 5.26 Å². The number of anilines is 1. The van der Waals surface area contributed by atoms with Crippen molar-refractivity contribution in [1.82, 2.24) is 0 Å². The maximum absolute atomic E-state index is 9.57. The van der Waals surface area contributed by atoms with Crippen LogP contribution in [0.3, 0.4) is 0 Å². The molecule has 0 N–H and O–H groups in total. The van der Waals surface area contributed by atoms with Gasteiger partial charge in [-0.2, -0.15) is 9.83 Å². The van der Waals surface area contributed by atoms with E-state index < -0.39 is 0 Å². The third kappa shape index (κ3) is 3.31. The summed E-state index contributed by atoms with van der Waals surface area (Å²) >= 11 is 0. The van der Waals surface area contributed by atoms with E-state index in [4.69, 9.17) is 0 Å². The van der Waals surface area contributed by atoms with Crippen molar-refractivity contribution in [3.05, 3.63) is 47.7 Å². The molecule has 1 unspecified atom stereocenters. The van der Waals surface area contributed by atoms with Crippen molar-refractivity contribution in [3.8, 4) is 17.3 Å². The van der Waals surface area contributed by atoms with Gasteiger partial charge in [0.05, 0.1) is 22.6 Å². The normalized spacial score (nSPS) is 19.0. The Morgan fingerprint density at radius 2 is 1.73 bits per heavy atom. The van der Waals surface area contributed by atoms with Gasteiger partial charge in [0.15, 0.2) is 11.7 Å². The molecule has 1 atom stereocenters. The molecule has 0 aliphatic carbocycles. The van der Waals surface area contributed by atoms with Gasteiger partial charge in [-0.3, -0.25) is 0 Å². The molecule has 1 aromatic heterocycles. The zero-order valence-corrected chi connectivity index (χ0v) is 19.8. The summed E-state index contributed by atoms with van der Waals surface area (Å²) in [5, 5.41) is 9.57. The summed E-state index contributed by atoms with van der Waals surface area (Å²) in [6, 6.07) is 13.3. The molecule has 3 rings (SSSR count). The summed E-state index contributed by atoms with van der Waals surface area (Å²) in [6.07, 6.45) is 9.26. The minimum atomic E-state index is 0.0199. The maximum atomic E-state index is 9.57. The van der Waals surface area contributed by atoms with E-state index in [0.717, 1.165) is 31.4 Å². The lowest BCUT2D eigenvalue weighted by Gasteiger charge is -2.47. The smallest absolute Gasteiger partial charge is 0.215 e. The lowest BCUT2D eigenvalue weighted by Crippen LogP contribution is -2.68. The number of benzene rings is 1. The molecule has 2 aromatic rings. The Kier molecular flexibility index (Phi) is 6.56. The number of unbranched alkanes of at least 4 members (excludes halogenated alkanes) is 2. The number of hydrogen-bond donors (Lipinski definition) is 0. The van der Waals surface area contributed by atoms with Crippen LogP contribution < -0.4 is 9.47 Å². The molecule has 0 amide bonds.